The van der Waals surface area contributed by atoms with Crippen LogP contribution in [0, 0.1) is 11.6 Å². The number of hydrogen-bond acceptors (Lipinski definition) is 5. The highest BCUT2D eigenvalue weighted by Crippen LogP contribution is 2.38. The maximum atomic E-state index is 14.2. The van der Waals surface area contributed by atoms with Crippen molar-refractivity contribution in [2.24, 2.45) is 0 Å². The number of H-pyrrole nitrogens is 1. The number of halogens is 2. The molecule has 1 aliphatic heterocycles. The number of benzene rings is 2. The van der Waals surface area contributed by atoms with Crippen molar-refractivity contribution < 1.29 is 8.78 Å². The zero-order valence-corrected chi connectivity index (χ0v) is 19.2. The summed E-state index contributed by atoms with van der Waals surface area (Å²) in [7, 11) is 0. The van der Waals surface area contributed by atoms with Crippen LogP contribution in [-0.4, -0.2) is 32.8 Å². The minimum Gasteiger partial charge on any atom is -0.383 e. The molecule has 0 saturated carbocycles. The molecule has 9 heteroatoms. The second-order valence-electron chi connectivity index (χ2n) is 9.00. The van der Waals surface area contributed by atoms with Crippen molar-refractivity contribution >= 4 is 44.2 Å². The van der Waals surface area contributed by atoms with E-state index in [1.807, 2.05) is 13.0 Å². The van der Waals surface area contributed by atoms with Gasteiger partial charge in [0.25, 0.3) is 5.56 Å². The Labute approximate surface area is 199 Å². The Balaban J connectivity index is 1.77. The largest absolute Gasteiger partial charge is 0.383 e. The van der Waals surface area contributed by atoms with Crippen molar-refractivity contribution in [1.29, 1.82) is 0 Å². The number of pyridine rings is 2. The maximum Gasteiger partial charge on any atom is 0.261 e. The highest BCUT2D eigenvalue weighted by molar-refractivity contribution is 6.23. The second-order valence-corrected chi connectivity index (χ2v) is 9.00. The van der Waals surface area contributed by atoms with Crippen LogP contribution in [0.2, 0.25) is 0 Å². The van der Waals surface area contributed by atoms with Crippen molar-refractivity contribution in [1.82, 2.24) is 19.7 Å². The summed E-state index contributed by atoms with van der Waals surface area (Å²) >= 11 is 0. The molecule has 2 aromatic carbocycles. The highest BCUT2D eigenvalue weighted by Gasteiger charge is 2.23. The Kier molecular flexibility index (Phi) is 4.94. The van der Waals surface area contributed by atoms with Crippen molar-refractivity contribution in [2.75, 3.05) is 23.7 Å². The molecule has 0 bridgehead atoms. The molecule has 35 heavy (non-hydrogen) atoms. The molecule has 0 spiro atoms. The summed E-state index contributed by atoms with van der Waals surface area (Å²) in [4.78, 5) is 20.8. The number of aromatic amines is 1. The number of aryl methyl sites for hydroxylation is 1. The van der Waals surface area contributed by atoms with Gasteiger partial charge in [-0.25, -0.2) is 13.8 Å². The predicted octanol–water partition coefficient (Wildman–Crippen LogP) is 4.96. The van der Waals surface area contributed by atoms with Crippen LogP contribution in [0.25, 0.3) is 44.0 Å². The number of nitrogens with one attached hydrogen (secondary N) is 1. The Morgan fingerprint density at radius 1 is 1.00 bits per heavy atom. The first-order valence-electron chi connectivity index (χ1n) is 11.8. The van der Waals surface area contributed by atoms with E-state index < -0.39 is 11.6 Å². The molecule has 4 heterocycles. The second kappa shape index (κ2) is 8.04. The normalized spacial score (nSPS) is 14.4. The molecular formula is C26H24F2N6O. The van der Waals surface area contributed by atoms with Crippen molar-refractivity contribution in [2.45, 2.75) is 32.7 Å². The van der Waals surface area contributed by atoms with E-state index in [9.17, 15) is 13.6 Å². The lowest BCUT2D eigenvalue weighted by atomic mass is 9.98. The Bertz CT molecular complexity index is 1660. The van der Waals surface area contributed by atoms with E-state index in [1.165, 1.54) is 18.6 Å². The summed E-state index contributed by atoms with van der Waals surface area (Å²) in [5, 5.41) is 9.12. The van der Waals surface area contributed by atoms with Gasteiger partial charge in [-0.1, -0.05) is 6.07 Å². The van der Waals surface area contributed by atoms with Gasteiger partial charge < -0.3 is 15.2 Å². The summed E-state index contributed by atoms with van der Waals surface area (Å²) in [6, 6.07) is 9.24. The number of nitrogen functional groups attached to an aromatic ring is 1. The molecule has 0 amide bonds. The molecule has 178 valence electrons. The van der Waals surface area contributed by atoms with E-state index in [0.717, 1.165) is 48.6 Å². The van der Waals surface area contributed by atoms with E-state index in [-0.39, 0.29) is 33.7 Å². The third-order valence-electron chi connectivity index (χ3n) is 6.90. The molecule has 3 aromatic heterocycles. The van der Waals surface area contributed by atoms with Gasteiger partial charge in [0.1, 0.15) is 17.5 Å². The van der Waals surface area contributed by atoms with Crippen LogP contribution < -0.4 is 16.2 Å². The third kappa shape index (κ3) is 3.33. The van der Waals surface area contributed by atoms with Gasteiger partial charge in [-0.15, -0.1) is 0 Å². The Morgan fingerprint density at radius 3 is 2.46 bits per heavy atom. The Morgan fingerprint density at radius 2 is 1.74 bits per heavy atom. The van der Waals surface area contributed by atoms with Gasteiger partial charge >= 0.3 is 0 Å². The number of rotatable bonds is 3. The van der Waals surface area contributed by atoms with E-state index >= 15 is 0 Å². The van der Waals surface area contributed by atoms with Crippen LogP contribution in [0.15, 0.2) is 41.2 Å². The first-order chi connectivity index (χ1) is 17.0. The van der Waals surface area contributed by atoms with Crippen LogP contribution >= 0.6 is 0 Å². The van der Waals surface area contributed by atoms with Crippen LogP contribution in [0.4, 0.5) is 20.3 Å². The maximum absolute atomic E-state index is 14.2. The number of anilines is 2. The highest BCUT2D eigenvalue weighted by atomic mass is 19.1. The fourth-order valence-corrected chi connectivity index (χ4v) is 5.32. The van der Waals surface area contributed by atoms with Gasteiger partial charge in [0.2, 0.25) is 0 Å². The van der Waals surface area contributed by atoms with Crippen LogP contribution in [-0.2, 0) is 6.54 Å². The van der Waals surface area contributed by atoms with Gasteiger partial charge in [0.05, 0.1) is 22.0 Å². The molecule has 0 unspecified atom stereocenters. The molecule has 3 N–H and O–H groups in total. The zero-order valence-electron chi connectivity index (χ0n) is 19.2. The average Bonchev–Trinajstić information content (AvgIpc) is 3.23. The molecule has 0 aliphatic carbocycles. The van der Waals surface area contributed by atoms with Crippen molar-refractivity contribution in [3.05, 3.63) is 58.4 Å². The van der Waals surface area contributed by atoms with Gasteiger partial charge in [-0.3, -0.25) is 9.89 Å². The zero-order chi connectivity index (χ0) is 24.3. The number of piperidine rings is 1. The number of nitrogens with zero attached hydrogens (tertiary/aromatic N) is 4. The molecule has 6 rings (SSSR count). The quantitative estimate of drug-likeness (QED) is 0.361. The monoisotopic (exact) mass is 474 g/mol. The first-order valence-corrected chi connectivity index (χ1v) is 11.8. The summed E-state index contributed by atoms with van der Waals surface area (Å²) in [5.41, 5.74) is 8.41. The van der Waals surface area contributed by atoms with Crippen LogP contribution in [0.1, 0.15) is 26.2 Å². The van der Waals surface area contributed by atoms with Crippen LogP contribution in [0.3, 0.4) is 0 Å². The summed E-state index contributed by atoms with van der Waals surface area (Å²) in [5.74, 6) is -1.22. The lowest BCUT2D eigenvalue weighted by Crippen LogP contribution is -2.29. The number of nitrogens with two attached hydrogens (primary N) is 1. The molecule has 5 aromatic rings. The number of fused-ring (bicyclic) bond motifs is 5. The van der Waals surface area contributed by atoms with Gasteiger partial charge in [0, 0.05) is 47.7 Å². The molecule has 1 aliphatic rings. The molecule has 0 atom stereocenters. The fourth-order valence-electron chi connectivity index (χ4n) is 5.32. The average molecular weight is 475 g/mol. The lowest BCUT2D eigenvalue weighted by Gasteiger charge is -2.29. The Hall–Kier alpha value is -4.01. The molecule has 1 fully saturated rings. The third-order valence-corrected chi connectivity index (χ3v) is 6.90. The summed E-state index contributed by atoms with van der Waals surface area (Å²) in [6.07, 6.45) is 3.51. The van der Waals surface area contributed by atoms with Crippen molar-refractivity contribution in [3.8, 4) is 11.3 Å². The van der Waals surface area contributed by atoms with Gasteiger partial charge in [-0.05, 0) is 50.5 Å². The van der Waals surface area contributed by atoms with E-state index in [1.54, 1.807) is 4.57 Å². The minimum absolute atomic E-state index is 0.167. The fraction of sp³-hybridized carbons (Fsp3) is 0.269. The number of hydrogen-bond donors (Lipinski definition) is 2. The predicted molar refractivity (Wildman–Crippen MR) is 135 cm³/mol. The SMILES string of the molecule is CCn1c(=O)c2c(-c3cc(F)cc(F)c3)nc3n[nH]c(N)c3c2c2ccc(N3CCCCC3)cc21. The van der Waals surface area contributed by atoms with Crippen molar-refractivity contribution in [3.63, 3.8) is 0 Å². The lowest BCUT2D eigenvalue weighted by molar-refractivity contribution is 0.578. The minimum atomic E-state index is -0.751. The first kappa shape index (κ1) is 21.5. The smallest absolute Gasteiger partial charge is 0.261 e. The molecule has 7 nitrogen and oxygen atoms in total. The molecular weight excluding hydrogens is 450 g/mol. The topological polar surface area (TPSA) is 92.8 Å². The molecule has 1 saturated heterocycles. The van der Waals surface area contributed by atoms with Crippen LogP contribution in [0.5, 0.6) is 0 Å². The summed E-state index contributed by atoms with van der Waals surface area (Å²) < 4.78 is 30.0. The van der Waals surface area contributed by atoms with Gasteiger partial charge in [-0.2, -0.15) is 5.10 Å². The van der Waals surface area contributed by atoms with E-state index in [2.05, 4.69) is 32.2 Å². The summed E-state index contributed by atoms with van der Waals surface area (Å²) in [6.45, 7) is 4.28. The van der Waals surface area contributed by atoms with Gasteiger partial charge in [0.15, 0.2) is 5.65 Å². The molecule has 0 radical (unpaired) electrons. The van der Waals surface area contributed by atoms with E-state index in [0.29, 0.717) is 17.3 Å². The standard InChI is InChI=1S/C26H24F2N6O/c1-2-34-19-13-17(33-8-4-3-5-9-33)6-7-18(19)20-21(26(34)35)23(14-10-15(27)12-16(28)11-14)30-25-22(20)24(29)31-32-25/h6-7,10-13H,2-5,8-9H2,1H3,(H3,29,30,31,32). The number of aromatic nitrogens is 4. The van der Waals surface area contributed by atoms with E-state index in [4.69, 9.17) is 5.73 Å².